The SMILES string of the molecule is CCOC(=O)c1csc(C2CCN(C(=O)OCc3ccccc3)CC2c2ccnn2-c2ccc(F)cc2)n1. The molecular weight excluding hydrogens is 507 g/mol. The Labute approximate surface area is 223 Å². The Hall–Kier alpha value is -4.05. The molecule has 2 aromatic carbocycles. The number of aromatic nitrogens is 3. The van der Waals surface area contributed by atoms with Crippen LogP contribution in [0.4, 0.5) is 9.18 Å². The van der Waals surface area contributed by atoms with Gasteiger partial charge in [-0.25, -0.2) is 23.6 Å². The van der Waals surface area contributed by atoms with E-state index in [2.05, 4.69) is 10.1 Å². The van der Waals surface area contributed by atoms with Gasteiger partial charge in [-0.2, -0.15) is 5.10 Å². The minimum atomic E-state index is -0.454. The van der Waals surface area contributed by atoms with Crippen molar-refractivity contribution in [3.8, 4) is 5.69 Å². The Morgan fingerprint density at radius 3 is 2.61 bits per heavy atom. The molecule has 1 aliphatic rings. The largest absolute Gasteiger partial charge is 0.461 e. The molecule has 1 aliphatic heterocycles. The van der Waals surface area contributed by atoms with E-state index in [1.54, 1.807) is 40.2 Å². The first kappa shape index (κ1) is 25.6. The highest BCUT2D eigenvalue weighted by molar-refractivity contribution is 7.09. The summed E-state index contributed by atoms with van der Waals surface area (Å²) in [6.45, 7) is 3.07. The Balaban J connectivity index is 1.42. The molecule has 196 valence electrons. The number of halogens is 1. The number of thiazole rings is 1. The lowest BCUT2D eigenvalue weighted by Gasteiger charge is -2.37. The highest BCUT2D eigenvalue weighted by atomic mass is 32.1. The quantitative estimate of drug-likeness (QED) is 0.289. The number of benzene rings is 2. The van der Waals surface area contributed by atoms with E-state index in [4.69, 9.17) is 9.47 Å². The van der Waals surface area contributed by atoms with Crippen molar-refractivity contribution in [1.29, 1.82) is 0 Å². The van der Waals surface area contributed by atoms with Crippen LogP contribution in [0.1, 0.15) is 51.9 Å². The number of nitrogens with zero attached hydrogens (tertiary/aromatic N) is 4. The van der Waals surface area contributed by atoms with Gasteiger partial charge >= 0.3 is 12.1 Å². The summed E-state index contributed by atoms with van der Waals surface area (Å²) in [5.41, 5.74) is 2.76. The summed E-state index contributed by atoms with van der Waals surface area (Å²) in [5, 5.41) is 7.00. The maximum absolute atomic E-state index is 13.6. The zero-order valence-electron chi connectivity index (χ0n) is 20.8. The Bertz CT molecular complexity index is 1390. The molecule has 10 heteroatoms. The number of ether oxygens (including phenoxy) is 2. The molecule has 38 heavy (non-hydrogen) atoms. The third-order valence-electron chi connectivity index (χ3n) is 6.52. The number of hydrogen-bond donors (Lipinski definition) is 0. The van der Waals surface area contributed by atoms with Crippen molar-refractivity contribution >= 4 is 23.4 Å². The normalized spacial score (nSPS) is 17.3. The molecule has 0 bridgehead atoms. The smallest absolute Gasteiger partial charge is 0.410 e. The van der Waals surface area contributed by atoms with Crippen LogP contribution in [0.5, 0.6) is 0 Å². The second-order valence-electron chi connectivity index (χ2n) is 8.92. The van der Waals surface area contributed by atoms with E-state index in [1.807, 2.05) is 36.4 Å². The third-order valence-corrected chi connectivity index (χ3v) is 7.50. The van der Waals surface area contributed by atoms with Crippen LogP contribution in [0.2, 0.25) is 0 Å². The summed E-state index contributed by atoms with van der Waals surface area (Å²) < 4.78 is 26.1. The molecule has 4 aromatic rings. The molecule has 3 heterocycles. The van der Waals surface area contributed by atoms with Crippen LogP contribution in [0.25, 0.3) is 5.69 Å². The van der Waals surface area contributed by atoms with Crippen molar-refractivity contribution in [3.05, 3.63) is 100 Å². The van der Waals surface area contributed by atoms with Crippen molar-refractivity contribution in [1.82, 2.24) is 19.7 Å². The van der Waals surface area contributed by atoms with Crippen LogP contribution in [0.15, 0.2) is 72.2 Å². The van der Waals surface area contributed by atoms with Gasteiger partial charge in [0.05, 0.1) is 17.3 Å². The molecule has 5 rings (SSSR count). The third kappa shape index (κ3) is 5.60. The second kappa shape index (κ2) is 11.6. The zero-order valence-corrected chi connectivity index (χ0v) is 21.6. The molecule has 8 nitrogen and oxygen atoms in total. The minimum absolute atomic E-state index is 0.0720. The molecule has 0 saturated carbocycles. The van der Waals surface area contributed by atoms with Gasteiger partial charge in [0.15, 0.2) is 5.69 Å². The fourth-order valence-electron chi connectivity index (χ4n) is 4.67. The topological polar surface area (TPSA) is 86.5 Å². The van der Waals surface area contributed by atoms with Crippen LogP contribution in [0.3, 0.4) is 0 Å². The number of carbonyl (C=O) groups is 2. The van der Waals surface area contributed by atoms with E-state index >= 15 is 0 Å². The summed E-state index contributed by atoms with van der Waals surface area (Å²) >= 11 is 1.41. The van der Waals surface area contributed by atoms with Crippen LogP contribution in [-0.4, -0.2) is 51.4 Å². The van der Waals surface area contributed by atoms with Crippen molar-refractivity contribution in [2.45, 2.75) is 31.8 Å². The first-order valence-corrected chi connectivity index (χ1v) is 13.3. The average molecular weight is 535 g/mol. The molecule has 0 aliphatic carbocycles. The molecule has 1 amide bonds. The monoisotopic (exact) mass is 534 g/mol. The van der Waals surface area contributed by atoms with E-state index in [0.29, 0.717) is 25.2 Å². The van der Waals surface area contributed by atoms with Gasteiger partial charge in [-0.15, -0.1) is 11.3 Å². The summed E-state index contributed by atoms with van der Waals surface area (Å²) in [6, 6.07) is 17.5. The maximum atomic E-state index is 13.6. The van der Waals surface area contributed by atoms with E-state index in [1.165, 1.54) is 23.5 Å². The van der Waals surface area contributed by atoms with Crippen LogP contribution in [0, 0.1) is 5.82 Å². The van der Waals surface area contributed by atoms with Crippen molar-refractivity contribution in [2.24, 2.45) is 0 Å². The van der Waals surface area contributed by atoms with Gasteiger partial charge in [0.1, 0.15) is 12.4 Å². The summed E-state index contributed by atoms with van der Waals surface area (Å²) in [4.78, 5) is 31.6. The number of esters is 1. The van der Waals surface area contributed by atoms with Gasteiger partial charge < -0.3 is 14.4 Å². The summed E-state index contributed by atoms with van der Waals surface area (Å²) in [5.74, 6) is -1.05. The van der Waals surface area contributed by atoms with E-state index in [-0.39, 0.29) is 36.6 Å². The molecule has 0 radical (unpaired) electrons. The zero-order chi connectivity index (χ0) is 26.5. The van der Waals surface area contributed by atoms with Crippen LogP contribution < -0.4 is 0 Å². The first-order chi connectivity index (χ1) is 18.5. The van der Waals surface area contributed by atoms with Crippen molar-refractivity contribution in [2.75, 3.05) is 19.7 Å². The predicted octanol–water partition coefficient (Wildman–Crippen LogP) is 5.55. The Kier molecular flexibility index (Phi) is 7.78. The van der Waals surface area contributed by atoms with E-state index in [9.17, 15) is 14.0 Å². The first-order valence-electron chi connectivity index (χ1n) is 12.4. The molecule has 0 N–H and O–H groups in total. The predicted molar refractivity (Wildman–Crippen MR) is 140 cm³/mol. The van der Waals surface area contributed by atoms with Gasteiger partial charge in [0.25, 0.3) is 0 Å². The molecule has 2 unspecified atom stereocenters. The number of hydrogen-bond acceptors (Lipinski definition) is 7. The van der Waals surface area contributed by atoms with Crippen molar-refractivity contribution in [3.63, 3.8) is 0 Å². The van der Waals surface area contributed by atoms with Gasteiger partial charge in [0.2, 0.25) is 0 Å². The molecule has 2 atom stereocenters. The lowest BCUT2D eigenvalue weighted by Crippen LogP contribution is -2.42. The van der Waals surface area contributed by atoms with Crippen LogP contribution >= 0.6 is 11.3 Å². The van der Waals surface area contributed by atoms with Gasteiger partial charge in [-0.1, -0.05) is 30.3 Å². The number of carbonyl (C=O) groups excluding carboxylic acids is 2. The van der Waals surface area contributed by atoms with E-state index < -0.39 is 12.1 Å². The van der Waals surface area contributed by atoms with Gasteiger partial charge in [-0.3, -0.25) is 0 Å². The van der Waals surface area contributed by atoms with Crippen molar-refractivity contribution < 1.29 is 23.5 Å². The molecule has 0 spiro atoms. The highest BCUT2D eigenvalue weighted by Gasteiger charge is 2.38. The summed E-state index contributed by atoms with van der Waals surface area (Å²) in [6.07, 6.45) is 1.92. The second-order valence-corrected chi connectivity index (χ2v) is 9.81. The molecule has 1 saturated heterocycles. The van der Waals surface area contributed by atoms with Gasteiger partial charge in [-0.05, 0) is 49.2 Å². The number of piperidine rings is 1. The number of amides is 1. The highest BCUT2D eigenvalue weighted by Crippen LogP contribution is 2.41. The molecular formula is C28H27FN4O4S. The number of rotatable bonds is 7. The molecule has 2 aromatic heterocycles. The minimum Gasteiger partial charge on any atom is -0.461 e. The van der Waals surface area contributed by atoms with Gasteiger partial charge in [0, 0.05) is 42.2 Å². The lowest BCUT2D eigenvalue weighted by atomic mass is 9.83. The van der Waals surface area contributed by atoms with Crippen LogP contribution in [-0.2, 0) is 16.1 Å². The Morgan fingerprint density at radius 1 is 1.05 bits per heavy atom. The Morgan fingerprint density at radius 2 is 1.84 bits per heavy atom. The molecule has 1 fully saturated rings. The summed E-state index contributed by atoms with van der Waals surface area (Å²) in [7, 11) is 0. The maximum Gasteiger partial charge on any atom is 0.410 e. The fraction of sp³-hybridized carbons (Fsp3) is 0.286. The van der Waals surface area contributed by atoms with E-state index in [0.717, 1.165) is 16.3 Å². The average Bonchev–Trinajstić information content (AvgIpc) is 3.63. The number of likely N-dealkylation sites (tertiary alicyclic amines) is 1. The lowest BCUT2D eigenvalue weighted by molar-refractivity contribution is 0.0520. The fourth-order valence-corrected chi connectivity index (χ4v) is 5.66. The standard InChI is InChI=1S/C28H27FN4O4S/c1-2-36-27(34)24-18-38-26(31-24)22-13-15-32(28(35)37-17-19-6-4-3-5-7-19)16-23(22)25-12-14-30-33(25)21-10-8-20(29)9-11-21/h3-12,14,18,22-23H,2,13,15-17H2,1H3.